The lowest BCUT2D eigenvalue weighted by Crippen LogP contribution is -2.37. The maximum atomic E-state index is 12.6. The van der Waals surface area contributed by atoms with E-state index in [1.54, 1.807) is 37.5 Å². The summed E-state index contributed by atoms with van der Waals surface area (Å²) in [6.45, 7) is 3.83. The van der Waals surface area contributed by atoms with Crippen molar-refractivity contribution in [1.82, 2.24) is 10.2 Å². The number of rotatable bonds is 5. The number of anilines is 1. The fourth-order valence-electron chi connectivity index (χ4n) is 3.38. The van der Waals surface area contributed by atoms with Gasteiger partial charge in [0.1, 0.15) is 5.75 Å². The molecule has 2 aromatic carbocycles. The van der Waals surface area contributed by atoms with Crippen molar-refractivity contribution in [2.24, 2.45) is 5.92 Å². The van der Waals surface area contributed by atoms with Crippen molar-refractivity contribution >= 4 is 40.9 Å². The minimum absolute atomic E-state index is 0.0517. The minimum Gasteiger partial charge on any atom is -0.496 e. The molecule has 1 fully saturated rings. The van der Waals surface area contributed by atoms with Gasteiger partial charge in [-0.15, -0.1) is 0 Å². The van der Waals surface area contributed by atoms with Gasteiger partial charge in [-0.2, -0.15) is 0 Å². The molecule has 0 saturated carbocycles. The van der Waals surface area contributed by atoms with Gasteiger partial charge in [0.25, 0.3) is 5.91 Å². The van der Waals surface area contributed by atoms with E-state index in [-0.39, 0.29) is 16.9 Å². The Labute approximate surface area is 188 Å². The fourth-order valence-corrected chi connectivity index (χ4v) is 3.59. The van der Waals surface area contributed by atoms with E-state index in [2.05, 4.69) is 17.6 Å². The zero-order valence-corrected chi connectivity index (χ0v) is 18.6. The molecule has 0 spiro atoms. The van der Waals surface area contributed by atoms with E-state index < -0.39 is 0 Å². The first-order chi connectivity index (χ1) is 15.0. The number of hydrogen-bond acceptors (Lipinski definition) is 4. The summed E-state index contributed by atoms with van der Waals surface area (Å²) < 4.78 is 5.26. The quantitative estimate of drug-likeness (QED) is 0.545. The lowest BCUT2D eigenvalue weighted by atomic mass is 9.98. The standard InChI is InChI=1S/C24H27N3O3S/c1-17-13-15-27(16-14-17)23(29)19-7-10-20(11-8-19)25-24(31)26-22(28)12-9-18-5-3-4-6-21(18)30-2/h3-12,17H,13-16H2,1-2H3,(H2,25,26,28,31)/b12-9+. The second-order valence-electron chi connectivity index (χ2n) is 7.57. The number of para-hydroxylation sites is 1. The van der Waals surface area contributed by atoms with E-state index in [9.17, 15) is 9.59 Å². The number of methoxy groups -OCH3 is 1. The number of nitrogens with one attached hydrogen (secondary N) is 2. The molecule has 2 N–H and O–H groups in total. The van der Waals surface area contributed by atoms with Gasteiger partial charge in [-0.1, -0.05) is 25.1 Å². The summed E-state index contributed by atoms with van der Waals surface area (Å²) in [7, 11) is 1.58. The Morgan fingerprint density at radius 1 is 1.10 bits per heavy atom. The third-order valence-electron chi connectivity index (χ3n) is 5.25. The highest BCUT2D eigenvalue weighted by Gasteiger charge is 2.21. The zero-order valence-electron chi connectivity index (χ0n) is 17.8. The van der Waals surface area contributed by atoms with Crippen LogP contribution in [0.1, 0.15) is 35.7 Å². The molecule has 0 radical (unpaired) electrons. The van der Waals surface area contributed by atoms with Crippen LogP contribution < -0.4 is 15.4 Å². The van der Waals surface area contributed by atoms with Crippen molar-refractivity contribution in [3.05, 3.63) is 65.7 Å². The van der Waals surface area contributed by atoms with E-state index in [1.807, 2.05) is 29.2 Å². The normalized spacial score (nSPS) is 14.3. The van der Waals surface area contributed by atoms with Crippen molar-refractivity contribution in [2.75, 3.05) is 25.5 Å². The monoisotopic (exact) mass is 437 g/mol. The van der Waals surface area contributed by atoms with Crippen LogP contribution in [0.15, 0.2) is 54.6 Å². The van der Waals surface area contributed by atoms with Gasteiger partial charge in [-0.05, 0) is 67.4 Å². The Morgan fingerprint density at radius 2 is 1.77 bits per heavy atom. The smallest absolute Gasteiger partial charge is 0.253 e. The van der Waals surface area contributed by atoms with Crippen LogP contribution in [0.3, 0.4) is 0 Å². The molecule has 162 valence electrons. The van der Waals surface area contributed by atoms with Gasteiger partial charge < -0.3 is 15.0 Å². The lowest BCUT2D eigenvalue weighted by molar-refractivity contribution is -0.115. The van der Waals surface area contributed by atoms with E-state index in [0.717, 1.165) is 31.5 Å². The summed E-state index contributed by atoms with van der Waals surface area (Å²) in [5.41, 5.74) is 2.14. The van der Waals surface area contributed by atoms with Gasteiger partial charge in [0.2, 0.25) is 5.91 Å². The zero-order chi connectivity index (χ0) is 22.2. The van der Waals surface area contributed by atoms with Crippen LogP contribution in [0.2, 0.25) is 0 Å². The highest BCUT2D eigenvalue weighted by Crippen LogP contribution is 2.20. The van der Waals surface area contributed by atoms with Crippen molar-refractivity contribution in [1.29, 1.82) is 0 Å². The SMILES string of the molecule is COc1ccccc1/C=C/C(=O)NC(=S)Nc1ccc(C(=O)N2CCC(C)CC2)cc1. The maximum absolute atomic E-state index is 12.6. The topological polar surface area (TPSA) is 70.7 Å². The van der Waals surface area contributed by atoms with Crippen LogP contribution in [0, 0.1) is 5.92 Å². The molecule has 6 nitrogen and oxygen atoms in total. The number of likely N-dealkylation sites (tertiary alicyclic amines) is 1. The Balaban J connectivity index is 1.51. The summed E-state index contributed by atoms with van der Waals surface area (Å²) in [5.74, 6) is 1.06. The molecule has 0 bridgehead atoms. The summed E-state index contributed by atoms with van der Waals surface area (Å²) in [6, 6.07) is 14.5. The minimum atomic E-state index is -0.352. The molecule has 1 heterocycles. The van der Waals surface area contributed by atoms with E-state index in [1.165, 1.54) is 6.08 Å². The number of carbonyl (C=O) groups is 2. The Bertz CT molecular complexity index is 964. The molecule has 7 heteroatoms. The van der Waals surface area contributed by atoms with Crippen LogP contribution in [-0.4, -0.2) is 42.0 Å². The first-order valence-corrected chi connectivity index (χ1v) is 10.7. The number of ether oxygens (including phenoxy) is 1. The van der Waals surface area contributed by atoms with Gasteiger partial charge in [-0.3, -0.25) is 14.9 Å². The number of nitrogens with zero attached hydrogens (tertiary/aromatic N) is 1. The summed E-state index contributed by atoms with van der Waals surface area (Å²) in [4.78, 5) is 26.7. The Morgan fingerprint density at radius 3 is 2.45 bits per heavy atom. The number of carbonyl (C=O) groups excluding carboxylic acids is 2. The number of hydrogen-bond donors (Lipinski definition) is 2. The van der Waals surface area contributed by atoms with Crippen molar-refractivity contribution in [2.45, 2.75) is 19.8 Å². The number of piperidine rings is 1. The fraction of sp³-hybridized carbons (Fsp3) is 0.292. The van der Waals surface area contributed by atoms with E-state index in [4.69, 9.17) is 17.0 Å². The molecular weight excluding hydrogens is 410 g/mol. The highest BCUT2D eigenvalue weighted by molar-refractivity contribution is 7.80. The van der Waals surface area contributed by atoms with Crippen LogP contribution in [-0.2, 0) is 4.79 Å². The molecule has 0 unspecified atom stereocenters. The molecule has 2 amide bonds. The summed E-state index contributed by atoms with van der Waals surface area (Å²) >= 11 is 5.21. The summed E-state index contributed by atoms with van der Waals surface area (Å²) in [6.07, 6.45) is 5.15. The van der Waals surface area contributed by atoms with Crippen LogP contribution in [0.4, 0.5) is 5.69 Å². The molecule has 2 aromatic rings. The summed E-state index contributed by atoms with van der Waals surface area (Å²) in [5, 5.41) is 5.75. The van der Waals surface area contributed by atoms with Gasteiger partial charge in [0, 0.05) is 36.0 Å². The molecule has 1 saturated heterocycles. The highest BCUT2D eigenvalue weighted by atomic mass is 32.1. The Kier molecular flexibility index (Phi) is 7.78. The second kappa shape index (κ2) is 10.7. The first-order valence-electron chi connectivity index (χ1n) is 10.3. The van der Waals surface area contributed by atoms with Gasteiger partial charge >= 0.3 is 0 Å². The van der Waals surface area contributed by atoms with Crippen molar-refractivity contribution in [3.8, 4) is 5.75 Å². The van der Waals surface area contributed by atoms with Gasteiger partial charge in [0.05, 0.1) is 7.11 Å². The number of thiocarbonyl (C=S) groups is 1. The number of benzene rings is 2. The molecule has 1 aliphatic rings. The van der Waals surface area contributed by atoms with Gasteiger partial charge in [0.15, 0.2) is 5.11 Å². The van der Waals surface area contributed by atoms with Crippen LogP contribution in [0.5, 0.6) is 5.75 Å². The van der Waals surface area contributed by atoms with Crippen LogP contribution >= 0.6 is 12.2 Å². The Hall–Kier alpha value is -3.19. The predicted octanol–water partition coefficient (Wildman–Crippen LogP) is 4.09. The van der Waals surface area contributed by atoms with E-state index >= 15 is 0 Å². The predicted molar refractivity (Wildman–Crippen MR) is 127 cm³/mol. The molecule has 1 aliphatic heterocycles. The third kappa shape index (κ3) is 6.39. The largest absolute Gasteiger partial charge is 0.496 e. The van der Waals surface area contributed by atoms with Crippen molar-refractivity contribution < 1.29 is 14.3 Å². The first kappa shape index (κ1) is 22.5. The average Bonchev–Trinajstić information content (AvgIpc) is 2.78. The second-order valence-corrected chi connectivity index (χ2v) is 7.98. The third-order valence-corrected chi connectivity index (χ3v) is 5.45. The van der Waals surface area contributed by atoms with Gasteiger partial charge in [-0.25, -0.2) is 0 Å². The maximum Gasteiger partial charge on any atom is 0.253 e. The van der Waals surface area contributed by atoms with E-state index in [0.29, 0.717) is 22.9 Å². The molecule has 0 aromatic heterocycles. The lowest BCUT2D eigenvalue weighted by Gasteiger charge is -2.30. The molecule has 0 aliphatic carbocycles. The average molecular weight is 438 g/mol. The van der Waals surface area contributed by atoms with Crippen LogP contribution in [0.25, 0.3) is 6.08 Å². The molecule has 0 atom stereocenters. The number of amides is 2. The van der Waals surface area contributed by atoms with Crippen molar-refractivity contribution in [3.63, 3.8) is 0 Å². The molecule has 3 rings (SSSR count). The molecule has 31 heavy (non-hydrogen) atoms. The molecular formula is C24H27N3O3S.